The van der Waals surface area contributed by atoms with Gasteiger partial charge in [0.15, 0.2) is 0 Å². The first-order valence-corrected chi connectivity index (χ1v) is 3.28. The van der Waals surface area contributed by atoms with Gasteiger partial charge in [0.05, 0.1) is 6.42 Å². The Hall–Kier alpha value is -0.650. The Morgan fingerprint density at radius 2 is 2.20 bits per heavy atom. The maximum absolute atomic E-state index is 11.6. The second-order valence-corrected chi connectivity index (χ2v) is 2.54. The largest absolute Gasteiger partial charge is 0.395 e. The minimum Gasteiger partial charge on any atom is -0.171 e. The first-order chi connectivity index (χ1) is 4.58. The molecule has 10 heavy (non-hydrogen) atoms. The molecule has 0 aliphatic heterocycles. The van der Waals surface area contributed by atoms with Crippen LogP contribution in [0.4, 0.5) is 13.2 Å². The molecule has 0 amide bonds. The zero-order chi connectivity index (χ0) is 7.61. The molecule has 2 nitrogen and oxygen atoms in total. The zero-order valence-electron chi connectivity index (χ0n) is 4.72. The summed E-state index contributed by atoms with van der Waals surface area (Å²) in [7, 11) is 0. The van der Waals surface area contributed by atoms with Crippen LogP contribution >= 0.6 is 11.3 Å². The highest BCUT2D eigenvalue weighted by atomic mass is 32.1. The van der Waals surface area contributed by atoms with Gasteiger partial charge in [-0.15, -0.1) is 21.5 Å². The van der Waals surface area contributed by atoms with Crippen LogP contribution in [0, 0.1) is 0 Å². The lowest BCUT2D eigenvalue weighted by Crippen LogP contribution is -2.11. The van der Waals surface area contributed by atoms with Gasteiger partial charge in [-0.05, 0) is 0 Å². The molecule has 0 saturated carbocycles. The van der Waals surface area contributed by atoms with Gasteiger partial charge in [-0.2, -0.15) is 13.2 Å². The van der Waals surface area contributed by atoms with Crippen LogP contribution in [0.2, 0.25) is 0 Å². The Bertz CT molecular complexity index is 193. The molecule has 0 atom stereocenters. The molecule has 0 aliphatic rings. The van der Waals surface area contributed by atoms with Crippen LogP contribution in [-0.2, 0) is 6.42 Å². The third kappa shape index (κ3) is 2.30. The normalized spacial score (nSPS) is 11.9. The summed E-state index contributed by atoms with van der Waals surface area (Å²) >= 11 is 0.908. The van der Waals surface area contributed by atoms with Gasteiger partial charge in [0.25, 0.3) is 0 Å². The average molecular weight is 168 g/mol. The Morgan fingerprint density at radius 3 is 2.60 bits per heavy atom. The number of aromatic nitrogens is 2. The fraction of sp³-hybridized carbons (Fsp3) is 0.500. The molecule has 1 rings (SSSR count). The van der Waals surface area contributed by atoms with Gasteiger partial charge < -0.3 is 0 Å². The van der Waals surface area contributed by atoms with E-state index in [0.29, 0.717) is 0 Å². The smallest absolute Gasteiger partial charge is 0.171 e. The van der Waals surface area contributed by atoms with Crippen LogP contribution in [0.5, 0.6) is 0 Å². The van der Waals surface area contributed by atoms with Crippen molar-refractivity contribution in [3.63, 3.8) is 0 Å². The van der Waals surface area contributed by atoms with Crippen LogP contribution in [0.1, 0.15) is 5.01 Å². The van der Waals surface area contributed by atoms with Gasteiger partial charge in [0, 0.05) is 0 Å². The molecule has 1 heterocycles. The predicted molar refractivity (Wildman–Crippen MR) is 29.7 cm³/mol. The predicted octanol–water partition coefficient (Wildman–Crippen LogP) is 1.64. The lowest BCUT2D eigenvalue weighted by atomic mass is 10.4. The van der Waals surface area contributed by atoms with E-state index in [9.17, 15) is 13.2 Å². The Kier molecular flexibility index (Phi) is 1.89. The molecule has 0 bridgehead atoms. The van der Waals surface area contributed by atoms with Crippen LogP contribution in [0.25, 0.3) is 0 Å². The second-order valence-electron chi connectivity index (χ2n) is 1.62. The quantitative estimate of drug-likeness (QED) is 0.637. The van der Waals surface area contributed by atoms with Gasteiger partial charge in [0.1, 0.15) is 10.5 Å². The van der Waals surface area contributed by atoms with Crippen molar-refractivity contribution in [3.05, 3.63) is 10.5 Å². The average Bonchev–Trinajstić information content (AvgIpc) is 2.12. The van der Waals surface area contributed by atoms with E-state index in [1.165, 1.54) is 5.51 Å². The van der Waals surface area contributed by atoms with Gasteiger partial charge >= 0.3 is 6.18 Å². The summed E-state index contributed by atoms with van der Waals surface area (Å²) in [4.78, 5) is 0. The van der Waals surface area contributed by atoms with Crippen molar-refractivity contribution in [1.82, 2.24) is 10.2 Å². The number of hydrogen-bond acceptors (Lipinski definition) is 3. The molecule has 0 N–H and O–H groups in total. The van der Waals surface area contributed by atoms with Crippen LogP contribution < -0.4 is 0 Å². The van der Waals surface area contributed by atoms with Crippen molar-refractivity contribution in [2.75, 3.05) is 0 Å². The number of nitrogens with zero attached hydrogens (tertiary/aromatic N) is 2. The van der Waals surface area contributed by atoms with Gasteiger partial charge in [-0.25, -0.2) is 0 Å². The highest BCUT2D eigenvalue weighted by molar-refractivity contribution is 7.09. The molecular formula is C4H3F3N2S. The monoisotopic (exact) mass is 168 g/mol. The topological polar surface area (TPSA) is 25.8 Å². The highest BCUT2D eigenvalue weighted by Crippen LogP contribution is 2.21. The van der Waals surface area contributed by atoms with Gasteiger partial charge in [-0.3, -0.25) is 0 Å². The third-order valence-corrected chi connectivity index (χ3v) is 1.45. The lowest BCUT2D eigenvalue weighted by Gasteiger charge is -2.00. The first-order valence-electron chi connectivity index (χ1n) is 2.40. The number of hydrogen-bond donors (Lipinski definition) is 0. The second kappa shape index (κ2) is 2.53. The minimum atomic E-state index is -4.17. The zero-order valence-corrected chi connectivity index (χ0v) is 5.54. The summed E-state index contributed by atoms with van der Waals surface area (Å²) in [5.41, 5.74) is 1.28. The molecular weight excluding hydrogens is 165 g/mol. The van der Waals surface area contributed by atoms with Crippen molar-refractivity contribution in [3.8, 4) is 0 Å². The van der Waals surface area contributed by atoms with Crippen LogP contribution in [0.15, 0.2) is 5.51 Å². The molecule has 0 saturated heterocycles. The summed E-state index contributed by atoms with van der Waals surface area (Å²) in [6, 6.07) is 0. The first kappa shape index (κ1) is 7.46. The summed E-state index contributed by atoms with van der Waals surface area (Å²) in [5, 5.41) is 6.53. The fourth-order valence-electron chi connectivity index (χ4n) is 0.444. The highest BCUT2D eigenvalue weighted by Gasteiger charge is 2.29. The van der Waals surface area contributed by atoms with Gasteiger partial charge in [0.2, 0.25) is 0 Å². The van der Waals surface area contributed by atoms with E-state index >= 15 is 0 Å². The Morgan fingerprint density at radius 1 is 1.50 bits per heavy atom. The number of rotatable bonds is 1. The van der Waals surface area contributed by atoms with E-state index in [1.807, 2.05) is 0 Å². The molecule has 0 aliphatic carbocycles. The van der Waals surface area contributed by atoms with Crippen molar-refractivity contribution in [1.29, 1.82) is 0 Å². The standard InChI is InChI=1S/C4H3F3N2S/c5-4(6,7)1-3-9-8-2-10-3/h2H,1H2. The third-order valence-electron chi connectivity index (χ3n) is 0.757. The SMILES string of the molecule is FC(F)(F)Cc1nncs1. The van der Waals surface area contributed by atoms with E-state index in [1.54, 1.807) is 0 Å². The van der Waals surface area contributed by atoms with E-state index < -0.39 is 12.6 Å². The van der Waals surface area contributed by atoms with E-state index in [-0.39, 0.29) is 5.01 Å². The molecule has 1 aromatic heterocycles. The molecule has 0 unspecified atom stereocenters. The molecule has 1 aromatic rings. The minimum absolute atomic E-state index is 0.00694. The Balaban J connectivity index is 2.57. The molecule has 0 aromatic carbocycles. The van der Waals surface area contributed by atoms with Crippen molar-refractivity contribution >= 4 is 11.3 Å². The van der Waals surface area contributed by atoms with E-state index in [0.717, 1.165) is 11.3 Å². The summed E-state index contributed by atoms with van der Waals surface area (Å²) < 4.78 is 34.7. The van der Waals surface area contributed by atoms with Crippen LogP contribution in [-0.4, -0.2) is 16.4 Å². The van der Waals surface area contributed by atoms with Gasteiger partial charge in [-0.1, -0.05) is 0 Å². The molecule has 56 valence electrons. The van der Waals surface area contributed by atoms with E-state index in [4.69, 9.17) is 0 Å². The van der Waals surface area contributed by atoms with Crippen LogP contribution in [0.3, 0.4) is 0 Å². The maximum Gasteiger partial charge on any atom is 0.395 e. The van der Waals surface area contributed by atoms with Crippen molar-refractivity contribution in [2.24, 2.45) is 0 Å². The van der Waals surface area contributed by atoms with Crippen molar-refractivity contribution in [2.45, 2.75) is 12.6 Å². The summed E-state index contributed by atoms with van der Waals surface area (Å²) in [6.07, 6.45) is -5.14. The molecule has 6 heteroatoms. The number of alkyl halides is 3. The summed E-state index contributed by atoms with van der Waals surface area (Å²) in [5.74, 6) is 0. The fourth-order valence-corrected chi connectivity index (χ4v) is 1.00. The number of halogens is 3. The molecule has 0 radical (unpaired) electrons. The molecule has 0 spiro atoms. The van der Waals surface area contributed by atoms with Crippen molar-refractivity contribution < 1.29 is 13.2 Å². The summed E-state index contributed by atoms with van der Waals surface area (Å²) in [6.45, 7) is 0. The molecule has 0 fully saturated rings. The van der Waals surface area contributed by atoms with E-state index in [2.05, 4.69) is 10.2 Å². The Labute approximate surface area is 58.7 Å². The maximum atomic E-state index is 11.6. The lowest BCUT2D eigenvalue weighted by molar-refractivity contribution is -0.127.